The Morgan fingerprint density at radius 1 is 1.33 bits per heavy atom. The van der Waals surface area contributed by atoms with E-state index in [1.165, 1.54) is 11.8 Å². The fourth-order valence-corrected chi connectivity index (χ4v) is 5.52. The molecule has 0 spiro atoms. The second-order valence-electron chi connectivity index (χ2n) is 6.62. The zero-order valence-electron chi connectivity index (χ0n) is 15.3. The van der Waals surface area contributed by atoms with Crippen molar-refractivity contribution in [3.05, 3.63) is 30.3 Å². The lowest BCUT2D eigenvalue weighted by molar-refractivity contribution is -0.130. The van der Waals surface area contributed by atoms with E-state index in [0.29, 0.717) is 23.9 Å². The van der Waals surface area contributed by atoms with Gasteiger partial charge in [-0.2, -0.15) is 0 Å². The van der Waals surface area contributed by atoms with Crippen LogP contribution < -0.4 is 0 Å². The molecule has 2 aromatic rings. The molecule has 0 aliphatic carbocycles. The summed E-state index contributed by atoms with van der Waals surface area (Å²) in [6.07, 6.45) is 2.35. The number of nitrogens with zero attached hydrogens (tertiary/aromatic N) is 3. The van der Waals surface area contributed by atoms with Crippen LogP contribution in [0.2, 0.25) is 0 Å². The Kier molecular flexibility index (Phi) is 6.54. The van der Waals surface area contributed by atoms with Crippen molar-refractivity contribution >= 4 is 27.5 Å². The molecule has 0 radical (unpaired) electrons. The average Bonchev–Trinajstić information content (AvgIpc) is 3.27. The molecule has 7 nitrogen and oxygen atoms in total. The van der Waals surface area contributed by atoms with Gasteiger partial charge in [-0.05, 0) is 12.8 Å². The standard InChI is InChI=1S/C18H24N4O3S2/c1-2-3-10-22(15-9-11-27(24,25)13-15)16(23)12-26-18-19-17(20-21-18)14-7-5-4-6-8-14/h4-8,15H,2-3,9-13H2,1H3,(H,19,20,21)/t15-/m1/s1. The monoisotopic (exact) mass is 408 g/mol. The fraction of sp³-hybridized carbons (Fsp3) is 0.500. The molecule has 1 aliphatic heterocycles. The molecule has 1 saturated heterocycles. The maximum Gasteiger partial charge on any atom is 0.233 e. The summed E-state index contributed by atoms with van der Waals surface area (Å²) in [7, 11) is -3.02. The Balaban J connectivity index is 1.61. The smallest absolute Gasteiger partial charge is 0.233 e. The van der Waals surface area contributed by atoms with Crippen molar-refractivity contribution in [2.45, 2.75) is 37.4 Å². The first kappa shape index (κ1) is 19.9. The molecule has 27 heavy (non-hydrogen) atoms. The van der Waals surface area contributed by atoms with Gasteiger partial charge in [0.05, 0.1) is 17.3 Å². The summed E-state index contributed by atoms with van der Waals surface area (Å²) in [5.74, 6) is 1.05. The summed E-state index contributed by atoms with van der Waals surface area (Å²) in [6, 6.07) is 9.45. The molecule has 1 atom stereocenters. The number of aromatic amines is 1. The van der Waals surface area contributed by atoms with E-state index in [-0.39, 0.29) is 29.2 Å². The lowest BCUT2D eigenvalue weighted by Crippen LogP contribution is -2.42. The van der Waals surface area contributed by atoms with Crippen LogP contribution in [0.15, 0.2) is 35.5 Å². The summed E-state index contributed by atoms with van der Waals surface area (Å²) < 4.78 is 23.6. The molecule has 1 amide bonds. The van der Waals surface area contributed by atoms with E-state index < -0.39 is 9.84 Å². The second-order valence-corrected chi connectivity index (χ2v) is 9.79. The minimum absolute atomic E-state index is 0.0541. The molecule has 2 heterocycles. The number of H-pyrrole nitrogens is 1. The molecular weight excluding hydrogens is 384 g/mol. The number of carbonyl (C=O) groups excluding carboxylic acids is 1. The lowest BCUT2D eigenvalue weighted by atomic mass is 10.2. The number of hydrogen-bond acceptors (Lipinski definition) is 6. The number of hydrogen-bond donors (Lipinski definition) is 1. The average molecular weight is 409 g/mol. The molecule has 0 unspecified atom stereocenters. The normalized spacial score (nSPS) is 18.5. The van der Waals surface area contributed by atoms with Gasteiger partial charge >= 0.3 is 0 Å². The quantitative estimate of drug-likeness (QED) is 0.674. The van der Waals surface area contributed by atoms with Crippen molar-refractivity contribution in [3.63, 3.8) is 0 Å². The van der Waals surface area contributed by atoms with Crippen molar-refractivity contribution in [2.24, 2.45) is 0 Å². The highest BCUT2D eigenvalue weighted by atomic mass is 32.2. The SMILES string of the molecule is CCCCN(C(=O)CSc1n[nH]c(-c2ccccc2)n1)[C@@H]1CCS(=O)(=O)C1. The summed E-state index contributed by atoms with van der Waals surface area (Å²) >= 11 is 1.27. The summed E-state index contributed by atoms with van der Waals surface area (Å²) in [6.45, 7) is 2.65. The van der Waals surface area contributed by atoms with Gasteiger partial charge in [0.25, 0.3) is 0 Å². The predicted octanol–water partition coefficient (Wildman–Crippen LogP) is 2.38. The van der Waals surface area contributed by atoms with E-state index in [2.05, 4.69) is 22.1 Å². The molecule has 0 saturated carbocycles. The van der Waals surface area contributed by atoms with E-state index in [1.54, 1.807) is 4.90 Å². The molecule has 1 aromatic carbocycles. The first-order chi connectivity index (χ1) is 13.0. The third-order valence-corrected chi connectivity index (χ3v) is 7.14. The second kappa shape index (κ2) is 8.88. The van der Waals surface area contributed by atoms with Crippen LogP contribution in [0.1, 0.15) is 26.2 Å². The maximum atomic E-state index is 12.7. The Labute approximate surface area is 163 Å². The molecule has 0 bridgehead atoms. The minimum Gasteiger partial charge on any atom is -0.338 e. The third-order valence-electron chi connectivity index (χ3n) is 4.56. The van der Waals surface area contributed by atoms with E-state index in [0.717, 1.165) is 18.4 Å². The largest absolute Gasteiger partial charge is 0.338 e. The molecule has 1 N–H and O–H groups in total. The Morgan fingerprint density at radius 3 is 2.78 bits per heavy atom. The fourth-order valence-electron chi connectivity index (χ4n) is 3.11. The van der Waals surface area contributed by atoms with Crippen molar-refractivity contribution in [2.75, 3.05) is 23.8 Å². The van der Waals surface area contributed by atoms with Crippen LogP contribution in [-0.2, 0) is 14.6 Å². The van der Waals surface area contributed by atoms with Gasteiger partial charge in [-0.25, -0.2) is 13.4 Å². The van der Waals surface area contributed by atoms with E-state index in [9.17, 15) is 13.2 Å². The summed E-state index contributed by atoms with van der Waals surface area (Å²) in [5, 5.41) is 7.57. The molecular formula is C18H24N4O3S2. The number of carbonyl (C=O) groups is 1. The predicted molar refractivity (Wildman–Crippen MR) is 106 cm³/mol. The lowest BCUT2D eigenvalue weighted by Gasteiger charge is -2.28. The van der Waals surface area contributed by atoms with Gasteiger partial charge in [-0.3, -0.25) is 9.89 Å². The van der Waals surface area contributed by atoms with Gasteiger partial charge in [0, 0.05) is 18.2 Å². The van der Waals surface area contributed by atoms with Crippen LogP contribution in [-0.4, -0.2) is 64.3 Å². The first-order valence-electron chi connectivity index (χ1n) is 9.09. The molecule has 3 rings (SSSR count). The van der Waals surface area contributed by atoms with Crippen molar-refractivity contribution in [1.82, 2.24) is 20.1 Å². The minimum atomic E-state index is -3.02. The number of aromatic nitrogens is 3. The van der Waals surface area contributed by atoms with Crippen LogP contribution in [0, 0.1) is 0 Å². The molecule has 1 fully saturated rings. The van der Waals surface area contributed by atoms with Gasteiger partial charge in [0.2, 0.25) is 11.1 Å². The molecule has 1 aromatic heterocycles. The van der Waals surface area contributed by atoms with Crippen LogP contribution >= 0.6 is 11.8 Å². The van der Waals surface area contributed by atoms with Gasteiger partial charge in [0.1, 0.15) is 0 Å². The van der Waals surface area contributed by atoms with Gasteiger partial charge in [0.15, 0.2) is 15.7 Å². The maximum absolute atomic E-state index is 12.7. The Morgan fingerprint density at radius 2 is 2.11 bits per heavy atom. The van der Waals surface area contributed by atoms with Gasteiger partial charge in [-0.15, -0.1) is 5.10 Å². The third kappa shape index (κ3) is 5.32. The number of benzene rings is 1. The highest BCUT2D eigenvalue weighted by Crippen LogP contribution is 2.22. The summed E-state index contributed by atoms with van der Waals surface area (Å²) in [5.41, 5.74) is 0.934. The van der Waals surface area contributed by atoms with Crippen molar-refractivity contribution in [1.29, 1.82) is 0 Å². The first-order valence-corrected chi connectivity index (χ1v) is 11.9. The van der Waals surface area contributed by atoms with Crippen molar-refractivity contribution < 1.29 is 13.2 Å². The van der Waals surface area contributed by atoms with Crippen LogP contribution in [0.4, 0.5) is 0 Å². The van der Waals surface area contributed by atoms with Crippen LogP contribution in [0.25, 0.3) is 11.4 Å². The zero-order valence-corrected chi connectivity index (χ0v) is 16.9. The molecule has 146 valence electrons. The number of thioether (sulfide) groups is 1. The van der Waals surface area contributed by atoms with E-state index in [4.69, 9.17) is 0 Å². The Bertz CT molecular complexity index is 868. The van der Waals surface area contributed by atoms with Crippen LogP contribution in [0.5, 0.6) is 0 Å². The van der Waals surface area contributed by atoms with Gasteiger partial charge in [-0.1, -0.05) is 55.4 Å². The van der Waals surface area contributed by atoms with E-state index in [1.807, 2.05) is 30.3 Å². The highest BCUT2D eigenvalue weighted by Gasteiger charge is 2.34. The Hall–Kier alpha value is -1.87. The highest BCUT2D eigenvalue weighted by molar-refractivity contribution is 7.99. The number of unbranched alkanes of at least 4 members (excludes halogenated alkanes) is 1. The van der Waals surface area contributed by atoms with Crippen LogP contribution in [0.3, 0.4) is 0 Å². The number of amides is 1. The number of nitrogens with one attached hydrogen (secondary N) is 1. The van der Waals surface area contributed by atoms with E-state index >= 15 is 0 Å². The van der Waals surface area contributed by atoms with Crippen molar-refractivity contribution in [3.8, 4) is 11.4 Å². The summed E-state index contributed by atoms with van der Waals surface area (Å²) in [4.78, 5) is 18.9. The number of rotatable bonds is 8. The zero-order chi connectivity index (χ0) is 19.3. The molecule has 9 heteroatoms. The molecule has 1 aliphatic rings. The topological polar surface area (TPSA) is 96.0 Å². The number of sulfone groups is 1. The van der Waals surface area contributed by atoms with Gasteiger partial charge < -0.3 is 4.90 Å².